The van der Waals surface area contributed by atoms with E-state index in [9.17, 15) is 4.79 Å². The van der Waals surface area contributed by atoms with E-state index in [2.05, 4.69) is 44.9 Å². The molecule has 0 bridgehead atoms. The molecule has 0 saturated heterocycles. The zero-order chi connectivity index (χ0) is 17.7. The molecule has 1 aromatic heterocycles. The SMILES string of the molecule is CC(C)COc1ccc(C(=O)Nc2ccnc(C(C)(C)C)c2)cc1. The molecule has 2 rings (SSSR count). The van der Waals surface area contributed by atoms with E-state index in [1.165, 1.54) is 0 Å². The molecule has 0 aliphatic carbocycles. The van der Waals surface area contributed by atoms with Crippen LogP contribution in [-0.2, 0) is 5.41 Å². The van der Waals surface area contributed by atoms with Gasteiger partial charge in [0.1, 0.15) is 5.75 Å². The summed E-state index contributed by atoms with van der Waals surface area (Å²) in [5.74, 6) is 1.10. The Labute approximate surface area is 144 Å². The molecule has 1 N–H and O–H groups in total. The number of carbonyl (C=O) groups excluding carboxylic acids is 1. The number of nitrogens with zero attached hydrogens (tertiary/aromatic N) is 1. The molecule has 1 aromatic carbocycles. The van der Waals surface area contributed by atoms with Gasteiger partial charge in [0, 0.05) is 28.6 Å². The first-order valence-electron chi connectivity index (χ1n) is 8.26. The minimum Gasteiger partial charge on any atom is -0.493 e. The minimum atomic E-state index is -0.142. The van der Waals surface area contributed by atoms with Gasteiger partial charge in [-0.2, -0.15) is 0 Å². The number of rotatable bonds is 5. The van der Waals surface area contributed by atoms with Crippen molar-refractivity contribution in [3.05, 3.63) is 53.9 Å². The maximum Gasteiger partial charge on any atom is 0.255 e. The molecule has 1 amide bonds. The van der Waals surface area contributed by atoms with Crippen molar-refractivity contribution >= 4 is 11.6 Å². The first-order chi connectivity index (χ1) is 11.3. The van der Waals surface area contributed by atoms with E-state index in [0.717, 1.165) is 17.1 Å². The predicted molar refractivity (Wildman–Crippen MR) is 97.7 cm³/mol. The lowest BCUT2D eigenvalue weighted by Gasteiger charge is -2.18. The van der Waals surface area contributed by atoms with E-state index < -0.39 is 0 Å². The summed E-state index contributed by atoms with van der Waals surface area (Å²) in [7, 11) is 0. The summed E-state index contributed by atoms with van der Waals surface area (Å²) >= 11 is 0. The molecular formula is C20H26N2O2. The van der Waals surface area contributed by atoms with Gasteiger partial charge in [0.2, 0.25) is 0 Å². The van der Waals surface area contributed by atoms with Crippen LogP contribution in [0.2, 0.25) is 0 Å². The van der Waals surface area contributed by atoms with Crippen LogP contribution < -0.4 is 10.1 Å². The maximum atomic E-state index is 12.4. The van der Waals surface area contributed by atoms with Gasteiger partial charge in [-0.3, -0.25) is 9.78 Å². The van der Waals surface area contributed by atoms with Crippen LogP contribution in [0.3, 0.4) is 0 Å². The topological polar surface area (TPSA) is 51.2 Å². The summed E-state index contributed by atoms with van der Waals surface area (Å²) in [6.07, 6.45) is 1.72. The molecular weight excluding hydrogens is 300 g/mol. The van der Waals surface area contributed by atoms with Crippen LogP contribution in [0.4, 0.5) is 5.69 Å². The molecule has 0 aliphatic heterocycles. The number of ether oxygens (including phenoxy) is 1. The Bertz CT molecular complexity index is 686. The van der Waals surface area contributed by atoms with Gasteiger partial charge in [-0.05, 0) is 42.3 Å². The Morgan fingerprint density at radius 1 is 1.17 bits per heavy atom. The molecule has 0 radical (unpaired) electrons. The highest BCUT2D eigenvalue weighted by Crippen LogP contribution is 2.22. The van der Waals surface area contributed by atoms with Gasteiger partial charge in [-0.1, -0.05) is 34.6 Å². The third kappa shape index (κ3) is 5.08. The van der Waals surface area contributed by atoms with E-state index in [1.807, 2.05) is 18.2 Å². The predicted octanol–water partition coefficient (Wildman–Crippen LogP) is 4.67. The number of nitrogens with one attached hydrogen (secondary N) is 1. The molecule has 0 fully saturated rings. The van der Waals surface area contributed by atoms with Gasteiger partial charge < -0.3 is 10.1 Å². The third-order valence-corrected chi connectivity index (χ3v) is 3.49. The Hall–Kier alpha value is -2.36. The Balaban J connectivity index is 2.05. The number of hydrogen-bond acceptors (Lipinski definition) is 3. The van der Waals surface area contributed by atoms with Crippen molar-refractivity contribution in [3.8, 4) is 5.75 Å². The van der Waals surface area contributed by atoms with Crippen LogP contribution >= 0.6 is 0 Å². The maximum absolute atomic E-state index is 12.4. The van der Waals surface area contributed by atoms with Gasteiger partial charge in [-0.15, -0.1) is 0 Å². The van der Waals surface area contributed by atoms with Gasteiger partial charge >= 0.3 is 0 Å². The second-order valence-electron chi connectivity index (χ2n) is 7.36. The number of amides is 1. The highest BCUT2D eigenvalue weighted by Gasteiger charge is 2.16. The van der Waals surface area contributed by atoms with E-state index >= 15 is 0 Å². The highest BCUT2D eigenvalue weighted by atomic mass is 16.5. The van der Waals surface area contributed by atoms with Crippen LogP contribution in [0.1, 0.15) is 50.7 Å². The molecule has 128 valence electrons. The zero-order valence-electron chi connectivity index (χ0n) is 15.1. The summed E-state index contributed by atoms with van der Waals surface area (Å²) in [5.41, 5.74) is 2.23. The number of carbonyl (C=O) groups is 1. The third-order valence-electron chi connectivity index (χ3n) is 3.49. The molecule has 0 unspecified atom stereocenters. The molecule has 24 heavy (non-hydrogen) atoms. The largest absolute Gasteiger partial charge is 0.493 e. The monoisotopic (exact) mass is 326 g/mol. The highest BCUT2D eigenvalue weighted by molar-refractivity contribution is 6.04. The second kappa shape index (κ2) is 7.47. The fourth-order valence-electron chi connectivity index (χ4n) is 2.09. The Morgan fingerprint density at radius 3 is 2.42 bits per heavy atom. The average molecular weight is 326 g/mol. The number of hydrogen-bond donors (Lipinski definition) is 1. The first kappa shape index (κ1) is 18.0. The van der Waals surface area contributed by atoms with Crippen LogP contribution in [0.25, 0.3) is 0 Å². The molecule has 0 atom stereocenters. The quantitative estimate of drug-likeness (QED) is 0.869. The van der Waals surface area contributed by atoms with E-state index in [4.69, 9.17) is 4.74 Å². The summed E-state index contributed by atoms with van der Waals surface area (Å²) in [4.78, 5) is 16.7. The standard InChI is InChI=1S/C20H26N2O2/c1-14(2)13-24-17-8-6-15(7-9-17)19(23)22-16-10-11-21-18(12-16)20(3,4)5/h6-12,14H,13H2,1-5H3,(H,21,22,23). The van der Waals surface area contributed by atoms with E-state index in [0.29, 0.717) is 18.1 Å². The van der Waals surface area contributed by atoms with Crippen LogP contribution in [-0.4, -0.2) is 17.5 Å². The molecule has 0 saturated carbocycles. The second-order valence-corrected chi connectivity index (χ2v) is 7.36. The Morgan fingerprint density at radius 2 is 1.83 bits per heavy atom. The fraction of sp³-hybridized carbons (Fsp3) is 0.400. The molecule has 0 aliphatic rings. The van der Waals surface area contributed by atoms with Crippen molar-refractivity contribution in [3.63, 3.8) is 0 Å². The number of benzene rings is 1. The van der Waals surface area contributed by atoms with Crippen molar-refractivity contribution < 1.29 is 9.53 Å². The zero-order valence-corrected chi connectivity index (χ0v) is 15.1. The van der Waals surface area contributed by atoms with Crippen molar-refractivity contribution in [2.45, 2.75) is 40.0 Å². The summed E-state index contributed by atoms with van der Waals surface area (Å²) in [5, 5.41) is 2.92. The minimum absolute atomic E-state index is 0.0594. The lowest BCUT2D eigenvalue weighted by atomic mass is 9.91. The van der Waals surface area contributed by atoms with Gasteiger partial charge in [0.05, 0.1) is 6.61 Å². The number of aromatic nitrogens is 1. The Kier molecular flexibility index (Phi) is 5.60. The number of anilines is 1. The van der Waals surface area contributed by atoms with Crippen LogP contribution in [0.5, 0.6) is 5.75 Å². The van der Waals surface area contributed by atoms with Crippen molar-refractivity contribution in [1.82, 2.24) is 4.98 Å². The van der Waals surface area contributed by atoms with Crippen molar-refractivity contribution in [2.75, 3.05) is 11.9 Å². The van der Waals surface area contributed by atoms with Crippen molar-refractivity contribution in [1.29, 1.82) is 0 Å². The van der Waals surface area contributed by atoms with Gasteiger partial charge in [-0.25, -0.2) is 0 Å². The van der Waals surface area contributed by atoms with Crippen LogP contribution in [0, 0.1) is 5.92 Å². The normalized spacial score (nSPS) is 11.4. The summed E-state index contributed by atoms with van der Waals surface area (Å²) < 4.78 is 5.63. The van der Waals surface area contributed by atoms with Crippen molar-refractivity contribution in [2.24, 2.45) is 5.92 Å². The molecule has 4 heteroatoms. The first-order valence-corrected chi connectivity index (χ1v) is 8.26. The van der Waals surface area contributed by atoms with Gasteiger partial charge in [0.25, 0.3) is 5.91 Å². The van der Waals surface area contributed by atoms with E-state index in [-0.39, 0.29) is 11.3 Å². The van der Waals surface area contributed by atoms with Crippen LogP contribution in [0.15, 0.2) is 42.6 Å². The average Bonchev–Trinajstić information content (AvgIpc) is 2.53. The molecule has 4 nitrogen and oxygen atoms in total. The van der Waals surface area contributed by atoms with Gasteiger partial charge in [0.15, 0.2) is 0 Å². The molecule has 0 spiro atoms. The lowest BCUT2D eigenvalue weighted by molar-refractivity contribution is 0.102. The van der Waals surface area contributed by atoms with E-state index in [1.54, 1.807) is 24.4 Å². The smallest absolute Gasteiger partial charge is 0.255 e. The fourth-order valence-corrected chi connectivity index (χ4v) is 2.09. The summed E-state index contributed by atoms with van der Waals surface area (Å²) in [6, 6.07) is 10.9. The summed E-state index contributed by atoms with van der Waals surface area (Å²) in [6.45, 7) is 11.1. The number of pyridine rings is 1. The lowest BCUT2D eigenvalue weighted by Crippen LogP contribution is -2.16. The molecule has 2 aromatic rings. The molecule has 1 heterocycles.